The SMILES string of the molecule is CCS[C@H]1C(C(=O)c2ccc(OC)cc2OC)=C(CC(=O)O)C(=O)N1C. The second-order valence-corrected chi connectivity index (χ2v) is 6.94. The highest BCUT2D eigenvalue weighted by atomic mass is 32.2. The number of hydrogen-bond donors (Lipinski definition) is 1. The van der Waals surface area contributed by atoms with E-state index in [0.29, 0.717) is 17.3 Å². The maximum Gasteiger partial charge on any atom is 0.308 e. The Kier molecular flexibility index (Phi) is 6.31. The zero-order chi connectivity index (χ0) is 19.4. The highest BCUT2D eigenvalue weighted by molar-refractivity contribution is 8.00. The fourth-order valence-electron chi connectivity index (χ4n) is 2.83. The first-order valence-corrected chi connectivity index (χ1v) is 9.00. The molecule has 1 heterocycles. The van der Waals surface area contributed by atoms with Gasteiger partial charge in [-0.05, 0) is 17.9 Å². The second kappa shape index (κ2) is 8.27. The minimum atomic E-state index is -1.16. The summed E-state index contributed by atoms with van der Waals surface area (Å²) in [6.45, 7) is 1.91. The number of Topliss-reactive ketones (excluding diaryl/α,β-unsaturated/α-hetero) is 1. The quantitative estimate of drug-likeness (QED) is 0.692. The maximum absolute atomic E-state index is 13.2. The molecule has 0 unspecified atom stereocenters. The van der Waals surface area contributed by atoms with Gasteiger partial charge in [0.2, 0.25) is 0 Å². The van der Waals surface area contributed by atoms with Crippen LogP contribution in [0.1, 0.15) is 23.7 Å². The normalized spacial score (nSPS) is 16.8. The van der Waals surface area contributed by atoms with E-state index in [-0.39, 0.29) is 16.7 Å². The number of carbonyl (C=O) groups excluding carboxylic acids is 2. The van der Waals surface area contributed by atoms with Gasteiger partial charge in [0.1, 0.15) is 16.9 Å². The molecular formula is C18H21NO6S. The van der Waals surface area contributed by atoms with Crippen molar-refractivity contribution >= 4 is 29.4 Å². The van der Waals surface area contributed by atoms with Crippen LogP contribution in [0.3, 0.4) is 0 Å². The van der Waals surface area contributed by atoms with Crippen molar-refractivity contribution in [1.29, 1.82) is 0 Å². The molecule has 1 N–H and O–H groups in total. The molecule has 0 saturated carbocycles. The van der Waals surface area contributed by atoms with Crippen LogP contribution in [0.15, 0.2) is 29.3 Å². The van der Waals surface area contributed by atoms with Gasteiger partial charge in [0.05, 0.1) is 26.2 Å². The number of ketones is 1. The van der Waals surface area contributed by atoms with E-state index >= 15 is 0 Å². The van der Waals surface area contributed by atoms with Crippen molar-refractivity contribution in [3.8, 4) is 11.5 Å². The zero-order valence-corrected chi connectivity index (χ0v) is 15.9. The number of hydrogen-bond acceptors (Lipinski definition) is 6. The van der Waals surface area contributed by atoms with E-state index in [9.17, 15) is 14.4 Å². The molecule has 0 bridgehead atoms. The number of ether oxygens (including phenoxy) is 2. The highest BCUT2D eigenvalue weighted by Gasteiger charge is 2.41. The summed E-state index contributed by atoms with van der Waals surface area (Å²) in [4.78, 5) is 38.4. The van der Waals surface area contributed by atoms with Crippen molar-refractivity contribution in [2.75, 3.05) is 27.0 Å². The van der Waals surface area contributed by atoms with E-state index < -0.39 is 29.5 Å². The van der Waals surface area contributed by atoms with Gasteiger partial charge in [-0.2, -0.15) is 0 Å². The lowest BCUT2D eigenvalue weighted by Gasteiger charge is -2.22. The number of aliphatic carboxylic acids is 1. The first kappa shape index (κ1) is 19.8. The van der Waals surface area contributed by atoms with Crippen LogP contribution in [-0.4, -0.2) is 60.1 Å². The Balaban J connectivity index is 2.59. The third kappa shape index (κ3) is 3.70. The van der Waals surface area contributed by atoms with Crippen molar-refractivity contribution in [2.24, 2.45) is 0 Å². The number of amides is 1. The number of carboxylic acids is 1. The summed E-state index contributed by atoms with van der Waals surface area (Å²) < 4.78 is 10.4. The van der Waals surface area contributed by atoms with Crippen LogP contribution >= 0.6 is 11.8 Å². The number of thioether (sulfide) groups is 1. The molecule has 8 heteroatoms. The smallest absolute Gasteiger partial charge is 0.308 e. The third-order valence-corrected chi connectivity index (χ3v) is 5.25. The maximum atomic E-state index is 13.2. The molecule has 0 spiro atoms. The van der Waals surface area contributed by atoms with Crippen LogP contribution in [0.2, 0.25) is 0 Å². The molecule has 0 aliphatic carbocycles. The Morgan fingerprint density at radius 3 is 2.50 bits per heavy atom. The van der Waals surface area contributed by atoms with E-state index in [1.54, 1.807) is 25.2 Å². The lowest BCUT2D eigenvalue weighted by Crippen LogP contribution is -2.31. The summed E-state index contributed by atoms with van der Waals surface area (Å²) in [6, 6.07) is 4.75. The van der Waals surface area contributed by atoms with Crippen molar-refractivity contribution in [1.82, 2.24) is 4.90 Å². The highest BCUT2D eigenvalue weighted by Crippen LogP contribution is 2.38. The molecule has 0 fully saturated rings. The van der Waals surface area contributed by atoms with Crippen LogP contribution in [0.5, 0.6) is 11.5 Å². The molecular weight excluding hydrogens is 358 g/mol. The van der Waals surface area contributed by atoms with Gasteiger partial charge in [-0.1, -0.05) is 6.92 Å². The molecule has 140 valence electrons. The fourth-order valence-corrected chi connectivity index (χ4v) is 3.88. The van der Waals surface area contributed by atoms with Crippen LogP contribution < -0.4 is 9.47 Å². The predicted molar refractivity (Wildman–Crippen MR) is 97.8 cm³/mol. The van der Waals surface area contributed by atoms with Gasteiger partial charge in [0.15, 0.2) is 5.78 Å². The third-order valence-electron chi connectivity index (χ3n) is 4.05. The van der Waals surface area contributed by atoms with E-state index in [1.165, 1.54) is 30.9 Å². The largest absolute Gasteiger partial charge is 0.497 e. The van der Waals surface area contributed by atoms with Crippen molar-refractivity contribution in [3.63, 3.8) is 0 Å². The number of methoxy groups -OCH3 is 2. The molecule has 7 nitrogen and oxygen atoms in total. The van der Waals surface area contributed by atoms with E-state index in [4.69, 9.17) is 14.6 Å². The molecule has 1 aliphatic rings. The minimum absolute atomic E-state index is 0.0221. The van der Waals surface area contributed by atoms with Gasteiger partial charge in [-0.3, -0.25) is 14.4 Å². The molecule has 1 aromatic carbocycles. The van der Waals surface area contributed by atoms with Crippen LogP contribution in [0.25, 0.3) is 0 Å². The molecule has 0 saturated heterocycles. The van der Waals surface area contributed by atoms with Crippen molar-refractivity contribution in [3.05, 3.63) is 34.9 Å². The lowest BCUT2D eigenvalue weighted by molar-refractivity contribution is -0.137. The van der Waals surface area contributed by atoms with E-state index in [1.807, 2.05) is 6.92 Å². The minimum Gasteiger partial charge on any atom is -0.497 e. The number of carboxylic acid groups (broad SMARTS) is 1. The van der Waals surface area contributed by atoms with Gasteiger partial charge in [-0.25, -0.2) is 0 Å². The Bertz CT molecular complexity index is 773. The number of nitrogens with zero attached hydrogens (tertiary/aromatic N) is 1. The Morgan fingerprint density at radius 2 is 1.96 bits per heavy atom. The predicted octanol–water partition coefficient (Wildman–Crippen LogP) is 2.21. The van der Waals surface area contributed by atoms with E-state index in [0.717, 1.165) is 0 Å². The number of rotatable bonds is 8. The van der Waals surface area contributed by atoms with Gasteiger partial charge >= 0.3 is 5.97 Å². The molecule has 26 heavy (non-hydrogen) atoms. The van der Waals surface area contributed by atoms with Crippen molar-refractivity contribution in [2.45, 2.75) is 18.7 Å². The zero-order valence-electron chi connectivity index (χ0n) is 15.1. The van der Waals surface area contributed by atoms with Crippen LogP contribution in [-0.2, 0) is 9.59 Å². The fraction of sp³-hybridized carbons (Fsp3) is 0.389. The van der Waals surface area contributed by atoms with Crippen LogP contribution in [0.4, 0.5) is 0 Å². The summed E-state index contributed by atoms with van der Waals surface area (Å²) in [6.07, 6.45) is -0.497. The first-order valence-electron chi connectivity index (χ1n) is 7.96. The van der Waals surface area contributed by atoms with Crippen LogP contribution in [0, 0.1) is 0 Å². The standard InChI is InChI=1S/C18H21NO6S/c1-5-26-18-15(12(9-14(20)21)17(23)19(18)2)16(22)11-7-6-10(24-3)8-13(11)25-4/h6-8,18H,5,9H2,1-4H3,(H,20,21)/t18-/m0/s1. The Hall–Kier alpha value is -2.48. The summed E-state index contributed by atoms with van der Waals surface area (Å²) in [5, 5.41) is 8.64. The average molecular weight is 379 g/mol. The average Bonchev–Trinajstić information content (AvgIpc) is 2.85. The Labute approximate surface area is 156 Å². The summed E-state index contributed by atoms with van der Waals surface area (Å²) in [5.74, 6) is -0.510. The van der Waals surface area contributed by atoms with Gasteiger partial charge in [0, 0.05) is 24.3 Å². The lowest BCUT2D eigenvalue weighted by atomic mass is 9.97. The first-order chi connectivity index (χ1) is 12.3. The second-order valence-electron chi connectivity index (χ2n) is 5.58. The molecule has 1 aliphatic heterocycles. The van der Waals surface area contributed by atoms with Gasteiger partial charge < -0.3 is 19.5 Å². The molecule has 1 amide bonds. The topological polar surface area (TPSA) is 93.1 Å². The van der Waals surface area contributed by atoms with Gasteiger partial charge in [-0.15, -0.1) is 11.8 Å². The van der Waals surface area contributed by atoms with E-state index in [2.05, 4.69) is 0 Å². The van der Waals surface area contributed by atoms with Gasteiger partial charge in [0.25, 0.3) is 5.91 Å². The summed E-state index contributed by atoms with van der Waals surface area (Å²) >= 11 is 1.40. The molecule has 0 aromatic heterocycles. The summed E-state index contributed by atoms with van der Waals surface area (Å²) in [5.41, 5.74) is 0.486. The monoisotopic (exact) mass is 379 g/mol. The van der Waals surface area contributed by atoms with Crippen molar-refractivity contribution < 1.29 is 29.0 Å². The number of carbonyl (C=O) groups is 3. The molecule has 1 atom stereocenters. The number of benzene rings is 1. The molecule has 1 aromatic rings. The number of likely N-dealkylation sites (N-methyl/N-ethyl adjacent to an activating group) is 1. The Morgan fingerprint density at radius 1 is 1.27 bits per heavy atom. The summed E-state index contributed by atoms with van der Waals surface area (Å²) in [7, 11) is 4.51. The molecule has 0 radical (unpaired) electrons. The molecule has 2 rings (SSSR count).